The van der Waals surface area contributed by atoms with Crippen LogP contribution in [0.3, 0.4) is 0 Å². The highest BCUT2D eigenvalue weighted by molar-refractivity contribution is 8.00. The van der Waals surface area contributed by atoms with Crippen molar-refractivity contribution in [3.8, 4) is 0 Å². The van der Waals surface area contributed by atoms with Gasteiger partial charge in [0, 0.05) is 19.6 Å². The molecule has 2 heterocycles. The maximum atomic E-state index is 12.8. The Balaban J connectivity index is 2.11. The largest absolute Gasteiger partial charge is 0.451 e. The van der Waals surface area contributed by atoms with Gasteiger partial charge in [-0.25, -0.2) is 8.42 Å². The molecule has 0 radical (unpaired) electrons. The molecule has 0 spiro atoms. The number of rotatable bonds is 5. The van der Waals surface area contributed by atoms with Crippen LogP contribution in [0.25, 0.3) is 0 Å². The van der Waals surface area contributed by atoms with Gasteiger partial charge < -0.3 is 9.47 Å². The zero-order chi connectivity index (χ0) is 19.0. The van der Waals surface area contributed by atoms with Crippen molar-refractivity contribution in [1.29, 1.82) is 0 Å². The second kappa shape index (κ2) is 7.14. The number of hydrogen-bond acceptors (Lipinski definition) is 6. The van der Waals surface area contributed by atoms with Crippen LogP contribution in [-0.2, 0) is 27.9 Å². The van der Waals surface area contributed by atoms with E-state index in [1.165, 1.54) is 11.9 Å². The summed E-state index contributed by atoms with van der Waals surface area (Å²) in [6.45, 7) is 3.63. The first kappa shape index (κ1) is 20.0. The Kier molecular flexibility index (Phi) is 5.71. The summed E-state index contributed by atoms with van der Waals surface area (Å²) in [5, 5.41) is 5.88. The SMILES string of the molecule is CCN(C(=O)[C@H](C)Sc1nnc(C(F)(F)F)n1C)[C@@H]1CCS(=O)(=O)C1. The molecule has 0 aromatic carbocycles. The molecule has 1 aromatic heterocycles. The smallest absolute Gasteiger partial charge is 0.338 e. The number of alkyl halides is 3. The summed E-state index contributed by atoms with van der Waals surface area (Å²) < 4.78 is 62.3. The van der Waals surface area contributed by atoms with Crippen LogP contribution >= 0.6 is 11.8 Å². The molecule has 1 amide bonds. The number of hydrogen-bond donors (Lipinski definition) is 0. The number of nitrogens with zero attached hydrogens (tertiary/aromatic N) is 4. The molecule has 0 aliphatic carbocycles. The van der Waals surface area contributed by atoms with E-state index in [2.05, 4.69) is 10.2 Å². The number of carbonyl (C=O) groups excluding carboxylic acids is 1. The zero-order valence-electron chi connectivity index (χ0n) is 13.9. The van der Waals surface area contributed by atoms with Crippen molar-refractivity contribution in [2.24, 2.45) is 7.05 Å². The zero-order valence-corrected chi connectivity index (χ0v) is 15.6. The predicted octanol–water partition coefficient (Wildman–Crippen LogP) is 1.35. The van der Waals surface area contributed by atoms with E-state index in [9.17, 15) is 26.4 Å². The van der Waals surface area contributed by atoms with Crippen molar-refractivity contribution >= 4 is 27.5 Å². The minimum Gasteiger partial charge on any atom is -0.338 e. The fraction of sp³-hybridized carbons (Fsp3) is 0.769. The monoisotopic (exact) mass is 400 g/mol. The summed E-state index contributed by atoms with van der Waals surface area (Å²) in [5.41, 5.74) is 0. The average Bonchev–Trinajstić information content (AvgIpc) is 3.02. The van der Waals surface area contributed by atoms with Gasteiger partial charge in [0.15, 0.2) is 15.0 Å². The number of halogens is 3. The first-order valence-electron chi connectivity index (χ1n) is 7.60. The minimum absolute atomic E-state index is 0.0247. The second-order valence-corrected chi connectivity index (χ2v) is 9.34. The molecule has 142 valence electrons. The molecule has 1 saturated heterocycles. The molecule has 2 rings (SSSR count). The van der Waals surface area contributed by atoms with Gasteiger partial charge in [-0.2, -0.15) is 13.2 Å². The van der Waals surface area contributed by atoms with E-state index in [1.54, 1.807) is 13.8 Å². The Morgan fingerprint density at radius 3 is 2.52 bits per heavy atom. The van der Waals surface area contributed by atoms with Crippen LogP contribution in [0, 0.1) is 0 Å². The molecule has 1 fully saturated rings. The number of carbonyl (C=O) groups is 1. The quantitative estimate of drug-likeness (QED) is 0.694. The molecular formula is C13H19F3N4O3S2. The standard InChI is InChI=1S/C13H19F3N4O3S2/c1-4-20(9-5-6-25(22,23)7-9)10(21)8(2)24-12-18-17-11(19(12)3)13(14,15)16/h8-9H,4-7H2,1-3H3/t8-,9+/m0/s1. The van der Waals surface area contributed by atoms with E-state index in [0.717, 1.165) is 16.3 Å². The lowest BCUT2D eigenvalue weighted by atomic mass is 10.2. The highest BCUT2D eigenvalue weighted by atomic mass is 32.2. The minimum atomic E-state index is -4.62. The van der Waals surface area contributed by atoms with Crippen molar-refractivity contribution < 1.29 is 26.4 Å². The maximum absolute atomic E-state index is 12.8. The third-order valence-electron chi connectivity index (χ3n) is 3.99. The first-order chi connectivity index (χ1) is 11.5. The van der Waals surface area contributed by atoms with Crippen molar-refractivity contribution in [2.75, 3.05) is 18.1 Å². The highest BCUT2D eigenvalue weighted by Gasteiger charge is 2.39. The molecule has 0 bridgehead atoms. The fourth-order valence-electron chi connectivity index (χ4n) is 2.72. The summed E-state index contributed by atoms with van der Waals surface area (Å²) in [7, 11) is -1.96. The van der Waals surface area contributed by atoms with E-state index in [0.29, 0.717) is 13.0 Å². The van der Waals surface area contributed by atoms with Gasteiger partial charge in [0.1, 0.15) is 0 Å². The molecule has 7 nitrogen and oxygen atoms in total. The number of amides is 1. The third-order valence-corrected chi connectivity index (χ3v) is 6.86. The van der Waals surface area contributed by atoms with E-state index in [-0.39, 0.29) is 22.6 Å². The van der Waals surface area contributed by atoms with E-state index in [1.807, 2.05) is 0 Å². The topological polar surface area (TPSA) is 85.2 Å². The predicted molar refractivity (Wildman–Crippen MR) is 85.8 cm³/mol. The van der Waals surface area contributed by atoms with Gasteiger partial charge in [0.05, 0.1) is 16.8 Å². The molecule has 0 unspecified atom stereocenters. The Morgan fingerprint density at radius 1 is 1.44 bits per heavy atom. The average molecular weight is 400 g/mol. The fourth-order valence-corrected chi connectivity index (χ4v) is 5.34. The normalized spacial score (nSPS) is 21.3. The van der Waals surface area contributed by atoms with Gasteiger partial charge in [-0.05, 0) is 20.3 Å². The molecule has 25 heavy (non-hydrogen) atoms. The van der Waals surface area contributed by atoms with Crippen molar-refractivity contribution in [2.45, 2.75) is 42.9 Å². The van der Waals surface area contributed by atoms with E-state index in [4.69, 9.17) is 0 Å². The third kappa shape index (κ3) is 4.46. The van der Waals surface area contributed by atoms with E-state index < -0.39 is 33.1 Å². The van der Waals surface area contributed by atoms with Crippen LogP contribution in [0.5, 0.6) is 0 Å². The van der Waals surface area contributed by atoms with Crippen LogP contribution in [0.15, 0.2) is 5.16 Å². The van der Waals surface area contributed by atoms with Crippen LogP contribution < -0.4 is 0 Å². The Hall–Kier alpha value is -1.30. The van der Waals surface area contributed by atoms with Crippen LogP contribution in [-0.4, -0.2) is 63.3 Å². The Morgan fingerprint density at radius 2 is 2.08 bits per heavy atom. The lowest BCUT2D eigenvalue weighted by Gasteiger charge is -2.29. The number of thioether (sulfide) groups is 1. The summed E-state index contributed by atoms with van der Waals surface area (Å²) in [6, 6.07) is -0.393. The van der Waals surface area contributed by atoms with Gasteiger partial charge in [-0.1, -0.05) is 11.8 Å². The Labute approximate surface area is 147 Å². The number of aromatic nitrogens is 3. The Bertz CT molecular complexity index is 748. The van der Waals surface area contributed by atoms with Crippen LogP contribution in [0.1, 0.15) is 26.1 Å². The lowest BCUT2D eigenvalue weighted by molar-refractivity contribution is -0.147. The van der Waals surface area contributed by atoms with Crippen molar-refractivity contribution in [3.63, 3.8) is 0 Å². The molecule has 12 heteroatoms. The lowest BCUT2D eigenvalue weighted by Crippen LogP contribution is -2.44. The molecule has 1 aromatic rings. The van der Waals surface area contributed by atoms with Gasteiger partial charge in [-0.15, -0.1) is 10.2 Å². The molecule has 0 N–H and O–H groups in total. The second-order valence-electron chi connectivity index (χ2n) is 5.80. The summed E-state index contributed by atoms with van der Waals surface area (Å²) in [6.07, 6.45) is -4.25. The van der Waals surface area contributed by atoms with Gasteiger partial charge >= 0.3 is 6.18 Å². The van der Waals surface area contributed by atoms with Crippen LogP contribution in [0.2, 0.25) is 0 Å². The summed E-state index contributed by atoms with van der Waals surface area (Å²) in [5.74, 6) is -1.50. The number of sulfone groups is 1. The van der Waals surface area contributed by atoms with Gasteiger partial charge in [-0.3, -0.25) is 4.79 Å². The molecule has 1 aliphatic rings. The van der Waals surface area contributed by atoms with Crippen molar-refractivity contribution in [3.05, 3.63) is 5.82 Å². The maximum Gasteiger partial charge on any atom is 0.451 e. The highest BCUT2D eigenvalue weighted by Crippen LogP contribution is 2.31. The van der Waals surface area contributed by atoms with Crippen molar-refractivity contribution in [1.82, 2.24) is 19.7 Å². The summed E-state index contributed by atoms with van der Waals surface area (Å²) >= 11 is 0.866. The first-order valence-corrected chi connectivity index (χ1v) is 10.3. The van der Waals surface area contributed by atoms with Crippen LogP contribution in [0.4, 0.5) is 13.2 Å². The molecule has 1 aliphatic heterocycles. The van der Waals surface area contributed by atoms with Gasteiger partial charge in [0.2, 0.25) is 11.7 Å². The molecule has 0 saturated carbocycles. The summed E-state index contributed by atoms with van der Waals surface area (Å²) in [4.78, 5) is 14.1. The molecular weight excluding hydrogens is 381 g/mol. The van der Waals surface area contributed by atoms with E-state index >= 15 is 0 Å². The van der Waals surface area contributed by atoms with Gasteiger partial charge in [0.25, 0.3) is 0 Å². The molecule has 2 atom stereocenters.